The van der Waals surface area contributed by atoms with Gasteiger partial charge in [-0.3, -0.25) is 0 Å². The summed E-state index contributed by atoms with van der Waals surface area (Å²) in [4.78, 5) is 15.1. The van der Waals surface area contributed by atoms with Gasteiger partial charge in [0.1, 0.15) is 6.33 Å². The van der Waals surface area contributed by atoms with Crippen LogP contribution in [-0.2, 0) is 0 Å². The quantitative estimate of drug-likeness (QED) is 0.796. The first-order valence-corrected chi connectivity index (χ1v) is 7.97. The fourth-order valence-electron chi connectivity index (χ4n) is 2.65. The van der Waals surface area contributed by atoms with Crippen LogP contribution in [-0.4, -0.2) is 62.5 Å². The van der Waals surface area contributed by atoms with Crippen LogP contribution in [0.3, 0.4) is 0 Å². The predicted octanol–water partition coefficient (Wildman–Crippen LogP) is 1.05. The highest BCUT2D eigenvalue weighted by Gasteiger charge is 2.16. The van der Waals surface area contributed by atoms with Crippen molar-refractivity contribution in [3.05, 3.63) is 18.5 Å². The number of methoxy groups -OCH3 is 3. The summed E-state index contributed by atoms with van der Waals surface area (Å²) in [7, 11) is 4.72. The van der Waals surface area contributed by atoms with Crippen LogP contribution in [0.2, 0.25) is 0 Å². The van der Waals surface area contributed by atoms with Gasteiger partial charge in [0.25, 0.3) is 0 Å². The fourth-order valence-corrected chi connectivity index (χ4v) is 2.65. The van der Waals surface area contributed by atoms with Crippen molar-refractivity contribution in [1.82, 2.24) is 20.3 Å². The molecule has 0 aliphatic carbocycles. The number of nitrogens with one attached hydrogen (secondary N) is 2. The van der Waals surface area contributed by atoms with Crippen molar-refractivity contribution in [2.45, 2.75) is 0 Å². The van der Waals surface area contributed by atoms with Gasteiger partial charge < -0.3 is 29.7 Å². The van der Waals surface area contributed by atoms with Crippen LogP contribution in [0.1, 0.15) is 0 Å². The van der Waals surface area contributed by atoms with Crippen molar-refractivity contribution in [3.63, 3.8) is 0 Å². The summed E-state index contributed by atoms with van der Waals surface area (Å²) in [6.07, 6.45) is 1.50. The standard InChI is InChI=1S/C16H22N6O3/c1-23-12-8-11(9-13(24-2)14(12)25-3)20-15-18-10-19-16(21-15)22-6-4-17-5-7-22/h8-10,17H,4-7H2,1-3H3,(H,18,19,20,21). The maximum atomic E-state index is 5.36. The largest absolute Gasteiger partial charge is 0.493 e. The minimum Gasteiger partial charge on any atom is -0.493 e. The highest BCUT2D eigenvalue weighted by atomic mass is 16.5. The molecule has 0 amide bonds. The van der Waals surface area contributed by atoms with E-state index in [0.717, 1.165) is 31.9 Å². The lowest BCUT2D eigenvalue weighted by molar-refractivity contribution is 0.324. The zero-order valence-corrected chi connectivity index (χ0v) is 14.6. The molecule has 25 heavy (non-hydrogen) atoms. The van der Waals surface area contributed by atoms with Gasteiger partial charge in [0.05, 0.1) is 21.3 Å². The first-order chi connectivity index (χ1) is 12.2. The van der Waals surface area contributed by atoms with Crippen LogP contribution in [0.4, 0.5) is 17.6 Å². The first kappa shape index (κ1) is 17.0. The molecule has 1 saturated heterocycles. The molecule has 1 fully saturated rings. The normalized spacial score (nSPS) is 14.1. The Kier molecular flexibility index (Phi) is 5.34. The second-order valence-electron chi connectivity index (χ2n) is 5.39. The van der Waals surface area contributed by atoms with E-state index in [1.165, 1.54) is 6.33 Å². The number of ether oxygens (including phenoxy) is 3. The smallest absolute Gasteiger partial charge is 0.232 e. The number of hydrogen-bond donors (Lipinski definition) is 2. The highest BCUT2D eigenvalue weighted by molar-refractivity contribution is 5.65. The molecular formula is C16H22N6O3. The van der Waals surface area contributed by atoms with Crippen molar-refractivity contribution < 1.29 is 14.2 Å². The Hall–Kier alpha value is -2.81. The molecule has 0 spiro atoms. The second kappa shape index (κ2) is 7.84. The third kappa shape index (κ3) is 3.82. The van der Waals surface area contributed by atoms with Crippen molar-refractivity contribution in [1.29, 1.82) is 0 Å². The topological polar surface area (TPSA) is 93.7 Å². The molecule has 2 heterocycles. The molecule has 2 aromatic rings. The summed E-state index contributed by atoms with van der Waals surface area (Å²) >= 11 is 0. The second-order valence-corrected chi connectivity index (χ2v) is 5.39. The molecule has 0 atom stereocenters. The van der Waals surface area contributed by atoms with Gasteiger partial charge in [-0.15, -0.1) is 0 Å². The average molecular weight is 346 g/mol. The molecule has 0 unspecified atom stereocenters. The molecule has 1 aliphatic heterocycles. The number of anilines is 3. The summed E-state index contributed by atoms with van der Waals surface area (Å²) in [5, 5.41) is 6.47. The van der Waals surface area contributed by atoms with E-state index in [0.29, 0.717) is 29.1 Å². The Morgan fingerprint density at radius 3 is 2.28 bits per heavy atom. The minimum atomic E-state index is 0.456. The number of benzene rings is 1. The van der Waals surface area contributed by atoms with Gasteiger partial charge in [0.15, 0.2) is 11.5 Å². The average Bonchev–Trinajstić information content (AvgIpc) is 2.68. The van der Waals surface area contributed by atoms with Gasteiger partial charge in [-0.1, -0.05) is 0 Å². The lowest BCUT2D eigenvalue weighted by Gasteiger charge is -2.27. The Bertz CT molecular complexity index is 696. The molecule has 1 aliphatic rings. The van der Waals surface area contributed by atoms with Gasteiger partial charge >= 0.3 is 0 Å². The van der Waals surface area contributed by atoms with E-state index >= 15 is 0 Å². The number of nitrogens with zero attached hydrogens (tertiary/aromatic N) is 4. The summed E-state index contributed by atoms with van der Waals surface area (Å²) in [6.45, 7) is 3.57. The van der Waals surface area contributed by atoms with Crippen LogP contribution in [0.5, 0.6) is 17.2 Å². The Morgan fingerprint density at radius 2 is 1.68 bits per heavy atom. The van der Waals surface area contributed by atoms with Gasteiger partial charge in [0, 0.05) is 44.0 Å². The number of piperazine rings is 1. The Labute approximate surface area is 146 Å². The predicted molar refractivity (Wildman–Crippen MR) is 94.3 cm³/mol. The first-order valence-electron chi connectivity index (χ1n) is 7.97. The summed E-state index contributed by atoms with van der Waals surface area (Å²) in [6, 6.07) is 3.60. The van der Waals surface area contributed by atoms with Crippen LogP contribution in [0.25, 0.3) is 0 Å². The molecule has 0 saturated carbocycles. The SMILES string of the molecule is COc1cc(Nc2ncnc(N3CCNCC3)n2)cc(OC)c1OC. The summed E-state index contributed by atoms with van der Waals surface area (Å²) in [5.74, 6) is 2.76. The Balaban J connectivity index is 1.84. The van der Waals surface area contributed by atoms with Gasteiger partial charge in [-0.2, -0.15) is 4.98 Å². The lowest BCUT2D eigenvalue weighted by Crippen LogP contribution is -2.44. The van der Waals surface area contributed by atoms with Crippen molar-refractivity contribution in [2.24, 2.45) is 0 Å². The molecule has 1 aromatic heterocycles. The van der Waals surface area contributed by atoms with Gasteiger partial charge in [-0.25, -0.2) is 9.97 Å². The third-order valence-corrected chi connectivity index (χ3v) is 3.88. The molecule has 1 aromatic carbocycles. The van der Waals surface area contributed by atoms with E-state index < -0.39 is 0 Å². The van der Waals surface area contributed by atoms with Gasteiger partial charge in [0.2, 0.25) is 17.6 Å². The maximum absolute atomic E-state index is 5.36. The molecule has 2 N–H and O–H groups in total. The van der Waals surface area contributed by atoms with Crippen LogP contribution in [0.15, 0.2) is 18.5 Å². The van der Waals surface area contributed by atoms with Crippen molar-refractivity contribution in [2.75, 3.05) is 57.7 Å². The molecule has 0 bridgehead atoms. The monoisotopic (exact) mass is 346 g/mol. The fraction of sp³-hybridized carbons (Fsp3) is 0.438. The molecule has 3 rings (SSSR count). The minimum absolute atomic E-state index is 0.456. The zero-order valence-electron chi connectivity index (χ0n) is 14.6. The lowest BCUT2D eigenvalue weighted by atomic mass is 10.2. The van der Waals surface area contributed by atoms with E-state index in [1.54, 1.807) is 33.5 Å². The number of aromatic nitrogens is 3. The molecular weight excluding hydrogens is 324 g/mol. The summed E-state index contributed by atoms with van der Waals surface area (Å²) < 4.78 is 16.1. The van der Waals surface area contributed by atoms with Crippen molar-refractivity contribution >= 4 is 17.6 Å². The van der Waals surface area contributed by atoms with E-state index in [9.17, 15) is 0 Å². The van der Waals surface area contributed by atoms with Crippen molar-refractivity contribution in [3.8, 4) is 17.2 Å². The number of rotatable bonds is 6. The molecule has 9 heteroatoms. The van der Waals surface area contributed by atoms with Crippen LogP contribution < -0.4 is 29.7 Å². The number of hydrogen-bond acceptors (Lipinski definition) is 9. The highest BCUT2D eigenvalue weighted by Crippen LogP contribution is 2.40. The van der Waals surface area contributed by atoms with E-state index in [2.05, 4.69) is 30.5 Å². The zero-order chi connectivity index (χ0) is 17.6. The maximum Gasteiger partial charge on any atom is 0.232 e. The van der Waals surface area contributed by atoms with Gasteiger partial charge in [-0.05, 0) is 0 Å². The summed E-state index contributed by atoms with van der Waals surface area (Å²) in [5.41, 5.74) is 0.729. The molecule has 134 valence electrons. The van der Waals surface area contributed by atoms with E-state index in [4.69, 9.17) is 14.2 Å². The Morgan fingerprint density at radius 1 is 1.00 bits per heavy atom. The molecule has 9 nitrogen and oxygen atoms in total. The van der Waals surface area contributed by atoms with Crippen LogP contribution in [0, 0.1) is 0 Å². The van der Waals surface area contributed by atoms with Crippen LogP contribution >= 0.6 is 0 Å². The van der Waals surface area contributed by atoms with E-state index in [-0.39, 0.29) is 0 Å². The molecule has 0 radical (unpaired) electrons. The third-order valence-electron chi connectivity index (χ3n) is 3.88. The van der Waals surface area contributed by atoms with E-state index in [1.807, 2.05) is 0 Å².